The molecular weight excluding hydrogens is 753 g/mol. The first-order valence-electron chi connectivity index (χ1n) is 21.1. The van der Waals surface area contributed by atoms with Crippen molar-refractivity contribution < 1.29 is 4.42 Å². The molecule has 1 aliphatic rings. The lowest BCUT2D eigenvalue weighted by atomic mass is 9.67. The summed E-state index contributed by atoms with van der Waals surface area (Å²) < 4.78 is 6.12. The largest absolute Gasteiger partial charge is 0.456 e. The molecule has 0 fully saturated rings. The lowest BCUT2D eigenvalue weighted by Gasteiger charge is -2.34. The van der Waals surface area contributed by atoms with E-state index in [1.165, 1.54) is 38.9 Å². The Balaban J connectivity index is 1.02. The molecule has 1 aliphatic carbocycles. The molecule has 0 amide bonds. The Kier molecular flexibility index (Phi) is 8.39. The van der Waals surface area contributed by atoms with Gasteiger partial charge in [-0.1, -0.05) is 206 Å². The van der Waals surface area contributed by atoms with Gasteiger partial charge in [-0.15, -0.1) is 0 Å². The van der Waals surface area contributed by atoms with Gasteiger partial charge in [0, 0.05) is 27.5 Å². The van der Waals surface area contributed by atoms with E-state index in [-0.39, 0.29) is 0 Å². The monoisotopic (exact) mass is 790 g/mol. The van der Waals surface area contributed by atoms with E-state index in [2.05, 4.69) is 200 Å². The Hall–Kier alpha value is -8.14. The molecule has 2 aromatic heterocycles. The van der Waals surface area contributed by atoms with Gasteiger partial charge in [0.2, 0.25) is 0 Å². The molecule has 0 unspecified atom stereocenters. The molecule has 11 aromatic rings. The van der Waals surface area contributed by atoms with E-state index >= 15 is 0 Å². The van der Waals surface area contributed by atoms with Crippen LogP contribution in [0.2, 0.25) is 0 Å². The number of hydrogen-bond donors (Lipinski definition) is 0. The van der Waals surface area contributed by atoms with Gasteiger partial charge in [-0.3, -0.25) is 0 Å². The lowest BCUT2D eigenvalue weighted by molar-refractivity contribution is 0.669. The summed E-state index contributed by atoms with van der Waals surface area (Å²) in [4.78, 5) is 10.6. The Bertz CT molecular complexity index is 3400. The minimum absolute atomic E-state index is 0.494. The molecule has 12 rings (SSSR count). The highest BCUT2D eigenvalue weighted by molar-refractivity contribution is 6.06. The zero-order valence-electron chi connectivity index (χ0n) is 33.7. The molecule has 0 saturated carbocycles. The van der Waals surface area contributed by atoms with E-state index in [1.54, 1.807) is 0 Å². The van der Waals surface area contributed by atoms with Gasteiger partial charge in [0.05, 0.1) is 16.8 Å². The molecule has 0 radical (unpaired) electrons. The van der Waals surface area contributed by atoms with Crippen LogP contribution < -0.4 is 0 Å². The quantitative estimate of drug-likeness (QED) is 0.161. The second kappa shape index (κ2) is 14.5. The van der Waals surface area contributed by atoms with Crippen LogP contribution in [0.1, 0.15) is 22.3 Å². The van der Waals surface area contributed by atoms with Gasteiger partial charge < -0.3 is 4.42 Å². The number of fused-ring (bicyclic) bond motifs is 6. The molecule has 0 bridgehead atoms. The molecule has 62 heavy (non-hydrogen) atoms. The zero-order valence-corrected chi connectivity index (χ0v) is 33.7. The number of hydrogen-bond acceptors (Lipinski definition) is 3. The Morgan fingerprint density at radius 3 is 1.63 bits per heavy atom. The molecule has 0 atom stereocenters. The van der Waals surface area contributed by atoms with Gasteiger partial charge in [0.25, 0.3) is 0 Å². The molecule has 0 saturated heterocycles. The summed E-state index contributed by atoms with van der Waals surface area (Å²) in [7, 11) is 0. The van der Waals surface area contributed by atoms with E-state index in [0.717, 1.165) is 66.7 Å². The second-order valence-corrected chi connectivity index (χ2v) is 16.0. The predicted molar refractivity (Wildman–Crippen MR) is 254 cm³/mol. The van der Waals surface area contributed by atoms with E-state index < -0.39 is 5.41 Å². The van der Waals surface area contributed by atoms with Crippen molar-refractivity contribution in [2.24, 2.45) is 0 Å². The molecule has 9 aromatic carbocycles. The zero-order chi connectivity index (χ0) is 41.0. The summed E-state index contributed by atoms with van der Waals surface area (Å²) in [5.41, 5.74) is 18.2. The molecule has 3 nitrogen and oxygen atoms in total. The lowest BCUT2D eigenvalue weighted by Crippen LogP contribution is -2.28. The summed E-state index contributed by atoms with van der Waals surface area (Å²) in [6.07, 6.45) is 0. The SMILES string of the molecule is c1ccc(-c2nc(-c3ccc(-c4ccc5oc6ccccc6c5c4)cc3)cc(-c3ccccc3-c3cccc4c3-c3ccccc3C4(c3ccccc3)c3ccccc3)n2)cc1. The van der Waals surface area contributed by atoms with Crippen molar-refractivity contribution in [3.05, 3.63) is 253 Å². The smallest absolute Gasteiger partial charge is 0.160 e. The first-order valence-corrected chi connectivity index (χ1v) is 21.1. The topological polar surface area (TPSA) is 38.9 Å². The van der Waals surface area contributed by atoms with Crippen molar-refractivity contribution in [3.63, 3.8) is 0 Å². The molecule has 3 heteroatoms. The van der Waals surface area contributed by atoms with E-state index in [0.29, 0.717) is 5.82 Å². The number of rotatable bonds is 7. The van der Waals surface area contributed by atoms with Crippen molar-refractivity contribution in [1.29, 1.82) is 0 Å². The van der Waals surface area contributed by atoms with Crippen LogP contribution >= 0.6 is 0 Å². The van der Waals surface area contributed by atoms with Crippen LogP contribution in [0.4, 0.5) is 0 Å². The molecule has 0 N–H and O–H groups in total. The maximum absolute atomic E-state index is 6.12. The van der Waals surface area contributed by atoms with Crippen LogP contribution in [-0.2, 0) is 5.41 Å². The maximum Gasteiger partial charge on any atom is 0.160 e. The van der Waals surface area contributed by atoms with Crippen LogP contribution in [0.5, 0.6) is 0 Å². The van der Waals surface area contributed by atoms with E-state index in [1.807, 2.05) is 30.3 Å². The third kappa shape index (κ3) is 5.67. The Morgan fingerprint density at radius 2 is 0.871 bits per heavy atom. The van der Waals surface area contributed by atoms with Crippen molar-refractivity contribution >= 4 is 21.9 Å². The van der Waals surface area contributed by atoms with E-state index in [4.69, 9.17) is 14.4 Å². The van der Waals surface area contributed by atoms with Gasteiger partial charge in [0.15, 0.2) is 5.82 Å². The normalized spacial score (nSPS) is 12.6. The Morgan fingerprint density at radius 1 is 0.323 bits per heavy atom. The highest BCUT2D eigenvalue weighted by Crippen LogP contribution is 2.58. The summed E-state index contributed by atoms with van der Waals surface area (Å²) in [6, 6.07) is 82.3. The second-order valence-electron chi connectivity index (χ2n) is 16.0. The number of aromatic nitrogens is 2. The Labute approximate surface area is 360 Å². The highest BCUT2D eigenvalue weighted by atomic mass is 16.3. The minimum Gasteiger partial charge on any atom is -0.456 e. The molecule has 0 aliphatic heterocycles. The first kappa shape index (κ1) is 35.8. The summed E-state index contributed by atoms with van der Waals surface area (Å²) in [5.74, 6) is 0.685. The fourth-order valence-electron chi connectivity index (χ4n) is 9.85. The number of para-hydroxylation sites is 1. The van der Waals surface area contributed by atoms with Crippen LogP contribution in [0.25, 0.3) is 89.2 Å². The highest BCUT2D eigenvalue weighted by Gasteiger charge is 2.46. The molecule has 2 heterocycles. The van der Waals surface area contributed by atoms with Gasteiger partial charge >= 0.3 is 0 Å². The molecular formula is C59H38N2O. The van der Waals surface area contributed by atoms with Gasteiger partial charge in [-0.2, -0.15) is 0 Å². The van der Waals surface area contributed by atoms with Crippen molar-refractivity contribution in [2.75, 3.05) is 0 Å². The van der Waals surface area contributed by atoms with Crippen LogP contribution in [-0.4, -0.2) is 9.97 Å². The number of nitrogens with zero attached hydrogens (tertiary/aromatic N) is 2. The van der Waals surface area contributed by atoms with Crippen LogP contribution in [0.15, 0.2) is 235 Å². The minimum atomic E-state index is -0.494. The van der Waals surface area contributed by atoms with Gasteiger partial charge in [-0.05, 0) is 79.9 Å². The first-order chi connectivity index (χ1) is 30.7. The molecule has 0 spiro atoms. The fraction of sp³-hybridized carbons (Fsp3) is 0.0169. The van der Waals surface area contributed by atoms with Crippen molar-refractivity contribution in [3.8, 4) is 67.3 Å². The summed E-state index contributed by atoms with van der Waals surface area (Å²) >= 11 is 0. The standard InChI is InChI=1S/C59H38N2O/c1-4-17-41(18-5-1)58-60-53(40-33-31-39(32-34-40)42-35-36-56-50(37-42)47-25-13-15-30-55(47)62-56)38-54(61-58)46-24-11-10-23-45(46)48-27-16-29-52-57(48)49-26-12-14-28-51(49)59(52,43-19-6-2-7-20-43)44-21-8-3-9-22-44/h1-38H. The van der Waals surface area contributed by atoms with Crippen LogP contribution in [0.3, 0.4) is 0 Å². The molecule has 290 valence electrons. The third-order valence-electron chi connectivity index (χ3n) is 12.6. The number of benzene rings is 9. The summed E-state index contributed by atoms with van der Waals surface area (Å²) in [6.45, 7) is 0. The average Bonchev–Trinajstić information content (AvgIpc) is 3.88. The van der Waals surface area contributed by atoms with Gasteiger partial charge in [0.1, 0.15) is 11.2 Å². The van der Waals surface area contributed by atoms with Crippen LogP contribution in [0, 0.1) is 0 Å². The fourth-order valence-corrected chi connectivity index (χ4v) is 9.85. The van der Waals surface area contributed by atoms with Crippen molar-refractivity contribution in [2.45, 2.75) is 5.41 Å². The summed E-state index contributed by atoms with van der Waals surface area (Å²) in [5, 5.41) is 2.24. The number of furan rings is 1. The van der Waals surface area contributed by atoms with E-state index in [9.17, 15) is 0 Å². The van der Waals surface area contributed by atoms with Gasteiger partial charge in [-0.25, -0.2) is 9.97 Å². The predicted octanol–water partition coefficient (Wildman–Crippen LogP) is 15.1. The third-order valence-corrected chi connectivity index (χ3v) is 12.6. The van der Waals surface area contributed by atoms with Crippen molar-refractivity contribution in [1.82, 2.24) is 9.97 Å². The maximum atomic E-state index is 6.12. The average molecular weight is 791 g/mol.